The van der Waals surface area contributed by atoms with Gasteiger partial charge in [-0.25, -0.2) is 20.8 Å². The molecule has 0 amide bonds. The number of benzene rings is 3. The maximum absolute atomic E-state index is 4.46. The van der Waals surface area contributed by atoms with E-state index in [1.54, 1.807) is 0 Å². The summed E-state index contributed by atoms with van der Waals surface area (Å²) in [6.07, 6.45) is 3.75. The van der Waals surface area contributed by atoms with Crippen LogP contribution < -0.4 is 21.5 Å². The van der Waals surface area contributed by atoms with Crippen molar-refractivity contribution in [2.45, 2.75) is 6.92 Å². The summed E-state index contributed by atoms with van der Waals surface area (Å²) < 4.78 is 0. The van der Waals surface area contributed by atoms with Crippen molar-refractivity contribution in [3.05, 3.63) is 59.2 Å². The second kappa shape index (κ2) is 8.43. The van der Waals surface area contributed by atoms with E-state index in [9.17, 15) is 0 Å². The van der Waals surface area contributed by atoms with E-state index in [4.69, 9.17) is 0 Å². The first-order valence-electron chi connectivity index (χ1n) is 10.4. The molecule has 2 aliphatic rings. The first kappa shape index (κ1) is 19.0. The molecule has 3 aromatic carbocycles. The third-order valence-corrected chi connectivity index (χ3v) is 5.34. The Balaban J connectivity index is 1.61. The number of guanidine groups is 2. The van der Waals surface area contributed by atoms with Gasteiger partial charge >= 0.3 is 0 Å². The molecule has 2 heterocycles. The maximum Gasteiger partial charge on any atom is 0.212 e. The van der Waals surface area contributed by atoms with E-state index in [-0.39, 0.29) is 0 Å². The summed E-state index contributed by atoms with van der Waals surface area (Å²) in [5.74, 6) is 1.42. The van der Waals surface area contributed by atoms with E-state index in [0.717, 1.165) is 58.9 Å². The van der Waals surface area contributed by atoms with Crippen molar-refractivity contribution in [3.8, 4) is 0 Å². The minimum Gasteiger partial charge on any atom is -0.353 e. The molecule has 0 spiro atoms. The van der Waals surface area contributed by atoms with Gasteiger partial charge in [0.05, 0.1) is 25.5 Å². The van der Waals surface area contributed by atoms with Crippen molar-refractivity contribution < 1.29 is 0 Å². The summed E-state index contributed by atoms with van der Waals surface area (Å²) in [6, 6.07) is 14.8. The van der Waals surface area contributed by atoms with Gasteiger partial charge in [0.15, 0.2) is 0 Å². The molecule has 5 rings (SSSR count). The highest BCUT2D eigenvalue weighted by Crippen LogP contribution is 2.32. The van der Waals surface area contributed by atoms with E-state index in [0.29, 0.717) is 11.9 Å². The number of rotatable bonds is 4. The van der Waals surface area contributed by atoms with Gasteiger partial charge in [-0.05, 0) is 28.5 Å². The van der Waals surface area contributed by atoms with Crippen LogP contribution in [-0.2, 0) is 0 Å². The molecule has 156 valence electrons. The number of aryl methyl sites for hydroxylation is 1. The van der Waals surface area contributed by atoms with Crippen LogP contribution in [0.3, 0.4) is 0 Å². The van der Waals surface area contributed by atoms with Crippen molar-refractivity contribution in [2.24, 2.45) is 20.2 Å². The van der Waals surface area contributed by atoms with E-state index in [1.807, 2.05) is 24.6 Å². The first-order valence-corrected chi connectivity index (χ1v) is 10.4. The Labute approximate surface area is 180 Å². The van der Waals surface area contributed by atoms with Crippen molar-refractivity contribution >= 4 is 45.9 Å². The van der Waals surface area contributed by atoms with Crippen LogP contribution in [0.4, 0.5) is 0 Å². The van der Waals surface area contributed by atoms with Gasteiger partial charge in [-0.3, -0.25) is 0 Å². The highest BCUT2D eigenvalue weighted by molar-refractivity contribution is 6.21. The average molecular weight is 413 g/mol. The van der Waals surface area contributed by atoms with Gasteiger partial charge in [0.2, 0.25) is 11.9 Å². The number of nitrogens with one attached hydrogen (secondary N) is 4. The van der Waals surface area contributed by atoms with Gasteiger partial charge in [-0.15, -0.1) is 0 Å². The topological polar surface area (TPSA) is 97.6 Å². The molecule has 4 N–H and O–H groups in total. The molecule has 0 radical (unpaired) electrons. The van der Waals surface area contributed by atoms with Crippen LogP contribution in [0.15, 0.2) is 62.7 Å². The fourth-order valence-corrected chi connectivity index (χ4v) is 3.90. The Morgan fingerprint density at radius 1 is 0.774 bits per heavy atom. The summed E-state index contributed by atoms with van der Waals surface area (Å²) in [5.41, 5.74) is 9.32. The zero-order valence-corrected chi connectivity index (χ0v) is 17.3. The van der Waals surface area contributed by atoms with Crippen molar-refractivity contribution in [1.29, 1.82) is 0 Å². The van der Waals surface area contributed by atoms with E-state index < -0.39 is 0 Å². The predicted octanol–water partition coefficient (Wildman–Crippen LogP) is 2.07. The fourth-order valence-electron chi connectivity index (χ4n) is 3.90. The monoisotopic (exact) mass is 412 g/mol. The molecule has 2 aliphatic heterocycles. The van der Waals surface area contributed by atoms with Gasteiger partial charge < -0.3 is 10.6 Å². The molecular weight excluding hydrogens is 388 g/mol. The van der Waals surface area contributed by atoms with Crippen molar-refractivity contribution in [3.63, 3.8) is 0 Å². The fraction of sp³-hybridized carbons (Fsp3) is 0.217. The summed E-state index contributed by atoms with van der Waals surface area (Å²) in [4.78, 5) is 8.65. The number of nitrogens with zero attached hydrogens (tertiary/aromatic N) is 4. The summed E-state index contributed by atoms with van der Waals surface area (Å²) in [6.45, 7) is 5.32. The largest absolute Gasteiger partial charge is 0.353 e. The second-order valence-electron chi connectivity index (χ2n) is 7.48. The van der Waals surface area contributed by atoms with Crippen LogP contribution in [0.25, 0.3) is 21.5 Å². The number of fused-ring (bicyclic) bond motifs is 2. The molecular formula is C23H24N8. The predicted molar refractivity (Wildman–Crippen MR) is 128 cm³/mol. The Bertz CT molecular complexity index is 1260. The third-order valence-electron chi connectivity index (χ3n) is 5.34. The Morgan fingerprint density at radius 2 is 1.32 bits per heavy atom. The van der Waals surface area contributed by atoms with E-state index >= 15 is 0 Å². The van der Waals surface area contributed by atoms with Crippen LogP contribution in [0, 0.1) is 6.92 Å². The molecule has 0 aliphatic carbocycles. The molecule has 31 heavy (non-hydrogen) atoms. The number of hydrogen-bond acceptors (Lipinski definition) is 8. The smallest absolute Gasteiger partial charge is 0.212 e. The number of aliphatic imine (C=N–C) groups is 2. The molecule has 3 aromatic rings. The lowest BCUT2D eigenvalue weighted by Crippen LogP contribution is -2.30. The zero-order valence-electron chi connectivity index (χ0n) is 17.3. The lowest BCUT2D eigenvalue weighted by Gasteiger charge is -2.13. The van der Waals surface area contributed by atoms with Crippen LogP contribution in [0.2, 0.25) is 0 Å². The SMILES string of the molecule is Cc1ccc2c(/C=N/NC3=NCCN3)c3ccccc3c(/C=N/NC3=NCCN3)c2c1. The minimum atomic E-state index is 0.707. The average Bonchev–Trinajstić information content (AvgIpc) is 3.49. The van der Waals surface area contributed by atoms with Gasteiger partial charge in [0, 0.05) is 24.2 Å². The van der Waals surface area contributed by atoms with E-state index in [2.05, 4.69) is 78.9 Å². The van der Waals surface area contributed by atoms with Gasteiger partial charge in [0.25, 0.3) is 0 Å². The van der Waals surface area contributed by atoms with Gasteiger partial charge in [-0.1, -0.05) is 48.0 Å². The molecule has 0 saturated carbocycles. The lowest BCUT2D eigenvalue weighted by molar-refractivity contribution is 0.920. The van der Waals surface area contributed by atoms with Crippen LogP contribution in [-0.4, -0.2) is 50.5 Å². The Hall–Kier alpha value is -3.94. The first-order chi connectivity index (χ1) is 15.3. The standard InChI is InChI=1S/C23H24N8/c1-15-6-7-18-19(12-15)21(14-29-31-23-26-10-11-27-23)17-5-3-2-4-16(17)20(18)13-28-30-22-24-8-9-25-22/h2-7,12-14H,8-11H2,1H3,(H2,24,25,30)(H2,26,27,31)/b28-13+,29-14+. The highest BCUT2D eigenvalue weighted by Gasteiger charge is 2.12. The Kier molecular flexibility index (Phi) is 5.18. The summed E-state index contributed by atoms with van der Waals surface area (Å²) >= 11 is 0. The molecule has 0 atom stereocenters. The summed E-state index contributed by atoms with van der Waals surface area (Å²) in [7, 11) is 0. The molecule has 8 heteroatoms. The highest BCUT2D eigenvalue weighted by atomic mass is 15.4. The zero-order chi connectivity index (χ0) is 21.0. The molecule has 8 nitrogen and oxygen atoms in total. The maximum atomic E-state index is 4.46. The van der Waals surface area contributed by atoms with E-state index in [1.165, 1.54) is 5.56 Å². The normalized spacial score (nSPS) is 16.0. The van der Waals surface area contributed by atoms with Crippen molar-refractivity contribution in [2.75, 3.05) is 26.2 Å². The van der Waals surface area contributed by atoms with Crippen molar-refractivity contribution in [1.82, 2.24) is 21.5 Å². The Morgan fingerprint density at radius 3 is 1.87 bits per heavy atom. The molecule has 0 unspecified atom stereocenters. The van der Waals surface area contributed by atoms with Crippen LogP contribution in [0.5, 0.6) is 0 Å². The van der Waals surface area contributed by atoms with Gasteiger partial charge in [-0.2, -0.15) is 10.2 Å². The second-order valence-corrected chi connectivity index (χ2v) is 7.48. The molecule has 0 saturated heterocycles. The van der Waals surface area contributed by atoms with Crippen LogP contribution in [0.1, 0.15) is 16.7 Å². The van der Waals surface area contributed by atoms with Gasteiger partial charge in [0.1, 0.15) is 0 Å². The third kappa shape index (κ3) is 3.92. The molecule has 0 bridgehead atoms. The number of hydrazone groups is 2. The quantitative estimate of drug-likeness (QED) is 0.300. The summed E-state index contributed by atoms with van der Waals surface area (Å²) in [5, 5.41) is 19.7. The lowest BCUT2D eigenvalue weighted by atomic mass is 9.91. The number of hydrogen-bond donors (Lipinski definition) is 4. The minimum absolute atomic E-state index is 0.707. The molecule has 0 aromatic heterocycles. The molecule has 0 fully saturated rings. The van der Waals surface area contributed by atoms with Crippen LogP contribution >= 0.6 is 0 Å².